The molecule has 0 spiro atoms. The Hall–Kier alpha value is -0.830. The third-order valence-corrected chi connectivity index (χ3v) is 4.18. The molecular weight excluding hydrogens is 266 g/mol. The van der Waals surface area contributed by atoms with Crippen LogP contribution in [-0.2, 0) is 0 Å². The van der Waals surface area contributed by atoms with Crippen molar-refractivity contribution in [3.8, 4) is 0 Å². The van der Waals surface area contributed by atoms with E-state index < -0.39 is 0 Å². The molecule has 1 aromatic carbocycles. The van der Waals surface area contributed by atoms with Crippen LogP contribution in [-0.4, -0.2) is 23.9 Å². The summed E-state index contributed by atoms with van der Waals surface area (Å²) in [6, 6.07) is 5.87. The van der Waals surface area contributed by atoms with Crippen LogP contribution in [0, 0.1) is 18.8 Å². The first-order valence-electron chi connectivity index (χ1n) is 5.70. The molecule has 3 heteroatoms. The van der Waals surface area contributed by atoms with E-state index in [1.807, 2.05) is 30.0 Å². The number of carbonyl (C=O) groups excluding carboxylic acids is 1. The van der Waals surface area contributed by atoms with Gasteiger partial charge in [0, 0.05) is 23.1 Å². The molecule has 1 aliphatic heterocycles. The molecule has 2 fully saturated rings. The van der Waals surface area contributed by atoms with E-state index in [0.29, 0.717) is 0 Å². The van der Waals surface area contributed by atoms with Crippen molar-refractivity contribution in [2.24, 2.45) is 11.8 Å². The Labute approximate surface area is 104 Å². The summed E-state index contributed by atoms with van der Waals surface area (Å²) in [6.07, 6.45) is 1.34. The van der Waals surface area contributed by atoms with Gasteiger partial charge in [-0.25, -0.2) is 0 Å². The second-order valence-electron chi connectivity index (χ2n) is 4.93. The first-order valence-corrected chi connectivity index (χ1v) is 6.50. The lowest BCUT2D eigenvalue weighted by Gasteiger charge is -2.19. The zero-order valence-electron chi connectivity index (χ0n) is 9.24. The molecule has 0 radical (unpaired) electrons. The molecular formula is C13H14BrNO. The Morgan fingerprint density at radius 3 is 2.69 bits per heavy atom. The maximum absolute atomic E-state index is 12.3. The molecule has 1 saturated heterocycles. The normalized spacial score (nSPS) is 26.8. The number of halogens is 1. The SMILES string of the molecule is Cc1cc(Br)ccc1C(=O)N1CC2CC2C1. The quantitative estimate of drug-likeness (QED) is 0.774. The number of carbonyl (C=O) groups is 1. The molecule has 0 N–H and O–H groups in total. The summed E-state index contributed by atoms with van der Waals surface area (Å²) in [7, 11) is 0. The summed E-state index contributed by atoms with van der Waals surface area (Å²) in [4.78, 5) is 14.3. The number of likely N-dealkylation sites (tertiary alicyclic amines) is 1. The molecule has 16 heavy (non-hydrogen) atoms. The van der Waals surface area contributed by atoms with Gasteiger partial charge in [-0.15, -0.1) is 0 Å². The fraction of sp³-hybridized carbons (Fsp3) is 0.462. The summed E-state index contributed by atoms with van der Waals surface area (Å²) in [5.74, 6) is 1.82. The zero-order valence-corrected chi connectivity index (χ0v) is 10.8. The average Bonchev–Trinajstić information content (AvgIpc) is 2.85. The highest BCUT2D eigenvalue weighted by molar-refractivity contribution is 9.10. The van der Waals surface area contributed by atoms with Crippen LogP contribution >= 0.6 is 15.9 Å². The Balaban J connectivity index is 1.83. The van der Waals surface area contributed by atoms with Crippen molar-refractivity contribution in [1.82, 2.24) is 4.90 Å². The van der Waals surface area contributed by atoms with E-state index in [1.165, 1.54) is 6.42 Å². The highest BCUT2D eigenvalue weighted by Gasteiger charge is 2.46. The average molecular weight is 280 g/mol. The van der Waals surface area contributed by atoms with Gasteiger partial charge >= 0.3 is 0 Å². The van der Waals surface area contributed by atoms with Crippen LogP contribution in [0.25, 0.3) is 0 Å². The van der Waals surface area contributed by atoms with Crippen LogP contribution in [0.4, 0.5) is 0 Å². The monoisotopic (exact) mass is 279 g/mol. The number of rotatable bonds is 1. The van der Waals surface area contributed by atoms with Crippen molar-refractivity contribution in [1.29, 1.82) is 0 Å². The van der Waals surface area contributed by atoms with Gasteiger partial charge in [0.2, 0.25) is 0 Å². The minimum Gasteiger partial charge on any atom is -0.338 e. The van der Waals surface area contributed by atoms with E-state index in [1.54, 1.807) is 0 Å². The van der Waals surface area contributed by atoms with Crippen molar-refractivity contribution in [3.05, 3.63) is 33.8 Å². The number of hydrogen-bond acceptors (Lipinski definition) is 1. The van der Waals surface area contributed by atoms with Crippen LogP contribution in [0.5, 0.6) is 0 Å². The molecule has 1 amide bonds. The van der Waals surface area contributed by atoms with Gasteiger partial charge in [0.1, 0.15) is 0 Å². The molecule has 1 heterocycles. The molecule has 3 rings (SSSR count). The number of aryl methyl sites for hydroxylation is 1. The number of amides is 1. The van der Waals surface area contributed by atoms with E-state index in [-0.39, 0.29) is 5.91 Å². The smallest absolute Gasteiger partial charge is 0.254 e. The number of benzene rings is 1. The van der Waals surface area contributed by atoms with Gasteiger partial charge in [0.15, 0.2) is 0 Å². The zero-order chi connectivity index (χ0) is 11.3. The fourth-order valence-electron chi connectivity index (χ4n) is 2.60. The highest BCUT2D eigenvalue weighted by atomic mass is 79.9. The van der Waals surface area contributed by atoms with E-state index >= 15 is 0 Å². The molecule has 0 aromatic heterocycles. The predicted molar refractivity (Wildman–Crippen MR) is 66.4 cm³/mol. The summed E-state index contributed by atoms with van der Waals surface area (Å²) in [6.45, 7) is 3.94. The Morgan fingerprint density at radius 2 is 2.06 bits per heavy atom. The minimum absolute atomic E-state index is 0.206. The number of nitrogens with zero attached hydrogens (tertiary/aromatic N) is 1. The first kappa shape index (κ1) is 10.3. The van der Waals surface area contributed by atoms with Gasteiger partial charge in [-0.1, -0.05) is 15.9 Å². The number of hydrogen-bond donors (Lipinski definition) is 0. The van der Waals surface area contributed by atoms with E-state index in [9.17, 15) is 4.79 Å². The van der Waals surface area contributed by atoms with Crippen LogP contribution in [0.15, 0.2) is 22.7 Å². The third-order valence-electron chi connectivity index (χ3n) is 3.68. The molecule has 84 valence electrons. The molecule has 0 bridgehead atoms. The Kier molecular flexibility index (Phi) is 2.32. The largest absolute Gasteiger partial charge is 0.338 e. The van der Waals surface area contributed by atoms with Crippen molar-refractivity contribution in [2.45, 2.75) is 13.3 Å². The van der Waals surface area contributed by atoms with Gasteiger partial charge in [0.25, 0.3) is 5.91 Å². The summed E-state index contributed by atoms with van der Waals surface area (Å²) >= 11 is 3.42. The summed E-state index contributed by atoms with van der Waals surface area (Å²) in [5.41, 5.74) is 1.91. The maximum atomic E-state index is 12.3. The molecule has 2 atom stereocenters. The van der Waals surface area contributed by atoms with E-state index in [4.69, 9.17) is 0 Å². The van der Waals surface area contributed by atoms with Gasteiger partial charge in [-0.3, -0.25) is 4.79 Å². The second kappa shape index (κ2) is 3.59. The topological polar surface area (TPSA) is 20.3 Å². The lowest BCUT2D eigenvalue weighted by molar-refractivity contribution is 0.0775. The minimum atomic E-state index is 0.206. The van der Waals surface area contributed by atoms with Gasteiger partial charge in [-0.2, -0.15) is 0 Å². The first-order chi connectivity index (χ1) is 7.65. The molecule has 1 saturated carbocycles. The van der Waals surface area contributed by atoms with Crippen molar-refractivity contribution < 1.29 is 4.79 Å². The van der Waals surface area contributed by atoms with Crippen LogP contribution in [0.2, 0.25) is 0 Å². The lowest BCUT2D eigenvalue weighted by Crippen LogP contribution is -2.30. The lowest BCUT2D eigenvalue weighted by atomic mass is 10.1. The summed E-state index contributed by atoms with van der Waals surface area (Å²) in [5, 5.41) is 0. The van der Waals surface area contributed by atoms with Gasteiger partial charge in [0.05, 0.1) is 0 Å². The third kappa shape index (κ3) is 1.67. The number of piperidine rings is 1. The fourth-order valence-corrected chi connectivity index (χ4v) is 3.08. The Morgan fingerprint density at radius 1 is 1.38 bits per heavy atom. The second-order valence-corrected chi connectivity index (χ2v) is 5.84. The van der Waals surface area contributed by atoms with Gasteiger partial charge < -0.3 is 4.90 Å². The molecule has 2 nitrogen and oxygen atoms in total. The van der Waals surface area contributed by atoms with E-state index in [2.05, 4.69) is 15.9 Å². The van der Waals surface area contributed by atoms with Crippen molar-refractivity contribution in [2.75, 3.05) is 13.1 Å². The standard InChI is InChI=1S/C13H14BrNO/c1-8-4-11(14)2-3-12(8)13(16)15-6-9-5-10(9)7-15/h2-4,9-10H,5-7H2,1H3. The molecule has 2 aliphatic rings. The molecule has 2 unspecified atom stereocenters. The predicted octanol–water partition coefficient (Wildman–Crippen LogP) is 2.85. The van der Waals surface area contributed by atoms with Crippen molar-refractivity contribution in [3.63, 3.8) is 0 Å². The van der Waals surface area contributed by atoms with E-state index in [0.717, 1.165) is 40.5 Å². The van der Waals surface area contributed by atoms with Crippen LogP contribution < -0.4 is 0 Å². The van der Waals surface area contributed by atoms with Crippen LogP contribution in [0.1, 0.15) is 22.3 Å². The molecule has 1 aromatic rings. The maximum Gasteiger partial charge on any atom is 0.254 e. The molecule has 1 aliphatic carbocycles. The Bertz CT molecular complexity index is 447. The van der Waals surface area contributed by atoms with Crippen molar-refractivity contribution >= 4 is 21.8 Å². The number of fused-ring (bicyclic) bond motifs is 1. The summed E-state index contributed by atoms with van der Waals surface area (Å²) < 4.78 is 1.03. The highest BCUT2D eigenvalue weighted by Crippen LogP contribution is 2.45. The van der Waals surface area contributed by atoms with Gasteiger partial charge in [-0.05, 0) is 48.9 Å². The van der Waals surface area contributed by atoms with Crippen LogP contribution in [0.3, 0.4) is 0 Å².